The maximum Gasteiger partial charge on any atom is 0.178 e. The molecule has 98 valence electrons. The maximum atomic E-state index is 5.50. The Morgan fingerprint density at radius 3 is 2.74 bits per heavy atom. The Hall–Kier alpha value is -1.81. The number of nitrogens with zero attached hydrogens (tertiary/aromatic N) is 1. The molecule has 0 aliphatic carbocycles. The van der Waals surface area contributed by atoms with Gasteiger partial charge in [-0.25, -0.2) is 0 Å². The average molecular weight is 271 g/mol. The van der Waals surface area contributed by atoms with E-state index in [2.05, 4.69) is 66.3 Å². The zero-order valence-electron chi connectivity index (χ0n) is 11.3. The van der Waals surface area contributed by atoms with Gasteiger partial charge in [0.1, 0.15) is 0 Å². The first-order valence-electron chi connectivity index (χ1n) is 6.35. The molecule has 2 N–H and O–H groups in total. The average Bonchev–Trinajstić information content (AvgIpc) is 2.73. The van der Waals surface area contributed by atoms with Crippen LogP contribution in [0.2, 0.25) is 0 Å². The van der Waals surface area contributed by atoms with Crippen LogP contribution < -0.4 is 10.2 Å². The molecule has 0 radical (unpaired) electrons. The number of hydrogen-bond acceptors (Lipinski definition) is 1. The van der Waals surface area contributed by atoms with Crippen LogP contribution in [-0.2, 0) is 0 Å². The predicted molar refractivity (Wildman–Crippen MR) is 84.3 cm³/mol. The molecule has 1 aromatic carbocycles. The quantitative estimate of drug-likeness (QED) is 0.778. The van der Waals surface area contributed by atoms with Gasteiger partial charge in [-0.3, -0.25) is 4.90 Å². The molecule has 0 saturated carbocycles. The summed E-state index contributed by atoms with van der Waals surface area (Å²) in [5, 5.41) is 5.29. The molecule has 0 saturated heterocycles. The van der Waals surface area contributed by atoms with Crippen LogP contribution in [0.5, 0.6) is 0 Å². The van der Waals surface area contributed by atoms with Gasteiger partial charge in [0, 0.05) is 28.5 Å². The van der Waals surface area contributed by atoms with Crippen LogP contribution in [0.4, 0.5) is 5.69 Å². The Balaban J connectivity index is 2.07. The van der Waals surface area contributed by atoms with Gasteiger partial charge in [-0.15, -0.1) is 0 Å². The minimum absolute atomic E-state index is 0.0874. The monoisotopic (exact) mass is 271 g/mol. The molecule has 3 rings (SSSR count). The van der Waals surface area contributed by atoms with E-state index in [1.54, 1.807) is 0 Å². The minimum atomic E-state index is -0.0874. The van der Waals surface area contributed by atoms with Gasteiger partial charge in [0.05, 0.1) is 5.54 Å². The number of aromatic nitrogens is 1. The molecule has 2 heterocycles. The van der Waals surface area contributed by atoms with Crippen LogP contribution in [0.15, 0.2) is 42.2 Å². The highest BCUT2D eigenvalue weighted by molar-refractivity contribution is 7.80. The van der Waals surface area contributed by atoms with Crippen molar-refractivity contribution in [3.63, 3.8) is 0 Å². The smallest absolute Gasteiger partial charge is 0.178 e. The van der Waals surface area contributed by atoms with Gasteiger partial charge < -0.3 is 10.3 Å². The van der Waals surface area contributed by atoms with Crippen LogP contribution in [0.1, 0.15) is 20.8 Å². The second-order valence-corrected chi connectivity index (χ2v) is 5.91. The predicted octanol–water partition coefficient (Wildman–Crippen LogP) is 3.54. The lowest BCUT2D eigenvalue weighted by Crippen LogP contribution is -2.53. The van der Waals surface area contributed by atoms with E-state index in [0.29, 0.717) is 0 Å². The van der Waals surface area contributed by atoms with Crippen molar-refractivity contribution in [3.05, 3.63) is 42.2 Å². The molecule has 0 fully saturated rings. The summed E-state index contributed by atoms with van der Waals surface area (Å²) in [7, 11) is 0. The second kappa shape index (κ2) is 4.10. The van der Waals surface area contributed by atoms with Crippen molar-refractivity contribution in [1.82, 2.24) is 10.3 Å². The van der Waals surface area contributed by atoms with E-state index in [4.69, 9.17) is 12.2 Å². The Morgan fingerprint density at radius 1 is 1.21 bits per heavy atom. The number of allylic oxidation sites excluding steroid dienone is 1. The van der Waals surface area contributed by atoms with Gasteiger partial charge in [0.2, 0.25) is 0 Å². The van der Waals surface area contributed by atoms with Crippen LogP contribution in [0.25, 0.3) is 10.9 Å². The van der Waals surface area contributed by atoms with Gasteiger partial charge in [0.15, 0.2) is 5.11 Å². The third kappa shape index (κ3) is 2.12. The van der Waals surface area contributed by atoms with E-state index in [1.807, 2.05) is 6.20 Å². The Bertz CT molecular complexity index is 682. The fourth-order valence-corrected chi connectivity index (χ4v) is 3.13. The second-order valence-electron chi connectivity index (χ2n) is 5.52. The summed E-state index contributed by atoms with van der Waals surface area (Å²) in [5.74, 6) is 0. The van der Waals surface area contributed by atoms with Crippen LogP contribution in [0.3, 0.4) is 0 Å². The molecule has 1 aromatic heterocycles. The van der Waals surface area contributed by atoms with Crippen molar-refractivity contribution in [1.29, 1.82) is 0 Å². The number of nitrogens with one attached hydrogen (secondary N) is 2. The summed E-state index contributed by atoms with van der Waals surface area (Å²) in [6.07, 6.45) is 4.15. The first kappa shape index (κ1) is 12.2. The molecule has 2 aromatic rings. The summed E-state index contributed by atoms with van der Waals surface area (Å²) < 4.78 is 0. The fraction of sp³-hybridized carbons (Fsp3) is 0.267. The van der Waals surface area contributed by atoms with Gasteiger partial charge in [-0.05, 0) is 63.3 Å². The third-order valence-corrected chi connectivity index (χ3v) is 3.63. The summed E-state index contributed by atoms with van der Waals surface area (Å²) in [4.78, 5) is 5.28. The Kier molecular flexibility index (Phi) is 2.64. The fourth-order valence-electron chi connectivity index (χ4n) is 2.62. The zero-order chi connectivity index (χ0) is 13.6. The lowest BCUT2D eigenvalue weighted by atomic mass is 10.0. The van der Waals surface area contributed by atoms with Crippen molar-refractivity contribution in [3.8, 4) is 0 Å². The standard InChI is InChI=1S/C15H17N3S/c1-10-9-15(2,3)17-14(19)18(10)12-4-5-13-11(8-12)6-7-16-13/h4-9,16H,1-3H3,(H,17,19). The minimum Gasteiger partial charge on any atom is -0.361 e. The van der Waals surface area contributed by atoms with Crippen LogP contribution in [0, 0.1) is 0 Å². The maximum absolute atomic E-state index is 5.50. The summed E-state index contributed by atoms with van der Waals surface area (Å²) in [6.45, 7) is 6.33. The SMILES string of the molecule is CC1=CC(C)(C)NC(=S)N1c1ccc2[nH]ccc2c1. The van der Waals surface area contributed by atoms with E-state index in [9.17, 15) is 0 Å². The number of hydrogen-bond donors (Lipinski definition) is 2. The largest absolute Gasteiger partial charge is 0.361 e. The molecule has 0 unspecified atom stereocenters. The van der Waals surface area contributed by atoms with Crippen molar-refractivity contribution in [2.75, 3.05) is 4.90 Å². The van der Waals surface area contributed by atoms with Crippen molar-refractivity contribution < 1.29 is 0 Å². The molecule has 0 atom stereocenters. The molecule has 1 aliphatic heterocycles. The van der Waals surface area contributed by atoms with E-state index in [0.717, 1.165) is 22.0 Å². The highest BCUT2D eigenvalue weighted by atomic mass is 32.1. The van der Waals surface area contributed by atoms with E-state index in [-0.39, 0.29) is 5.54 Å². The first-order chi connectivity index (χ1) is 8.96. The number of H-pyrrole nitrogens is 1. The molecule has 0 spiro atoms. The van der Waals surface area contributed by atoms with Crippen LogP contribution >= 0.6 is 12.2 Å². The molecule has 19 heavy (non-hydrogen) atoms. The molecular weight excluding hydrogens is 254 g/mol. The van der Waals surface area contributed by atoms with Gasteiger partial charge in [-0.2, -0.15) is 0 Å². The summed E-state index contributed by atoms with van der Waals surface area (Å²) >= 11 is 5.50. The lowest BCUT2D eigenvalue weighted by molar-refractivity contribution is 0.560. The third-order valence-electron chi connectivity index (χ3n) is 3.35. The number of fused-ring (bicyclic) bond motifs is 1. The molecule has 4 heteroatoms. The number of aromatic amines is 1. The number of anilines is 1. The van der Waals surface area contributed by atoms with Crippen molar-refractivity contribution >= 4 is 33.9 Å². The molecule has 0 bridgehead atoms. The lowest BCUT2D eigenvalue weighted by Gasteiger charge is -2.38. The first-order valence-corrected chi connectivity index (χ1v) is 6.76. The highest BCUT2D eigenvalue weighted by Crippen LogP contribution is 2.28. The van der Waals surface area contributed by atoms with E-state index >= 15 is 0 Å². The van der Waals surface area contributed by atoms with Gasteiger partial charge >= 0.3 is 0 Å². The highest BCUT2D eigenvalue weighted by Gasteiger charge is 2.27. The molecule has 3 nitrogen and oxygen atoms in total. The molecule has 0 amide bonds. The van der Waals surface area contributed by atoms with E-state index < -0.39 is 0 Å². The number of rotatable bonds is 1. The van der Waals surface area contributed by atoms with Crippen molar-refractivity contribution in [2.45, 2.75) is 26.3 Å². The Morgan fingerprint density at radius 2 is 2.00 bits per heavy atom. The topological polar surface area (TPSA) is 31.1 Å². The molecule has 1 aliphatic rings. The number of thiocarbonyl (C=S) groups is 1. The van der Waals surface area contributed by atoms with E-state index in [1.165, 1.54) is 5.39 Å². The normalized spacial score (nSPS) is 18.4. The zero-order valence-corrected chi connectivity index (χ0v) is 12.1. The van der Waals surface area contributed by atoms with Gasteiger partial charge in [0.25, 0.3) is 0 Å². The molecular formula is C15H17N3S. The van der Waals surface area contributed by atoms with Crippen LogP contribution in [-0.4, -0.2) is 15.6 Å². The number of benzene rings is 1. The summed E-state index contributed by atoms with van der Waals surface area (Å²) in [6, 6.07) is 8.39. The van der Waals surface area contributed by atoms with Gasteiger partial charge in [-0.1, -0.05) is 0 Å². The summed E-state index contributed by atoms with van der Waals surface area (Å²) in [5.41, 5.74) is 3.30. The Labute approximate surface area is 118 Å². The van der Waals surface area contributed by atoms with Crippen molar-refractivity contribution in [2.24, 2.45) is 0 Å².